The highest BCUT2D eigenvalue weighted by Gasteiger charge is 2.16. The average Bonchev–Trinajstić information content (AvgIpc) is 2.65. The fourth-order valence-corrected chi connectivity index (χ4v) is 2.70. The minimum Gasteiger partial charge on any atom is -0.312 e. The van der Waals surface area contributed by atoms with Crippen LogP contribution in [0, 0.1) is 0 Å². The van der Waals surface area contributed by atoms with Crippen LogP contribution in [0.1, 0.15) is 24.5 Å². The molecule has 0 aromatic carbocycles. The van der Waals surface area contributed by atoms with E-state index in [2.05, 4.69) is 34.4 Å². The fourth-order valence-electron chi connectivity index (χ4n) is 1.97. The van der Waals surface area contributed by atoms with Crippen LogP contribution in [0.25, 0.3) is 0 Å². The summed E-state index contributed by atoms with van der Waals surface area (Å²) < 4.78 is 0. The lowest BCUT2D eigenvalue weighted by Crippen LogP contribution is -2.48. The molecule has 16 heavy (non-hydrogen) atoms. The molecule has 1 aromatic heterocycles. The van der Waals surface area contributed by atoms with Crippen molar-refractivity contribution < 1.29 is 0 Å². The standard InChI is InChI=1S/C11H19N3S.ClH/c1-3-11-13-10(8-15-11)7-14-5-4-12-9(2)6-14;/h8-9,12H,3-7H2,1-2H3;1H. The van der Waals surface area contributed by atoms with Gasteiger partial charge in [0.25, 0.3) is 0 Å². The van der Waals surface area contributed by atoms with Gasteiger partial charge in [0.1, 0.15) is 0 Å². The predicted octanol–water partition coefficient (Wildman–Crippen LogP) is 1.92. The Balaban J connectivity index is 0.00000128. The molecule has 0 saturated carbocycles. The molecular formula is C11H20ClN3S. The second kappa shape index (κ2) is 6.55. The van der Waals surface area contributed by atoms with E-state index in [0.29, 0.717) is 6.04 Å². The number of aromatic nitrogens is 1. The van der Waals surface area contributed by atoms with E-state index in [4.69, 9.17) is 0 Å². The third-order valence-corrected chi connectivity index (χ3v) is 3.78. The Morgan fingerprint density at radius 3 is 3.06 bits per heavy atom. The summed E-state index contributed by atoms with van der Waals surface area (Å²) in [5, 5.41) is 6.91. The third kappa shape index (κ3) is 3.70. The summed E-state index contributed by atoms with van der Waals surface area (Å²) in [4.78, 5) is 7.09. The molecule has 0 radical (unpaired) electrons. The summed E-state index contributed by atoms with van der Waals surface area (Å²) in [6.07, 6.45) is 1.06. The molecule has 3 nitrogen and oxygen atoms in total. The average molecular weight is 262 g/mol. The molecule has 0 bridgehead atoms. The van der Waals surface area contributed by atoms with Gasteiger partial charge in [0.15, 0.2) is 0 Å². The van der Waals surface area contributed by atoms with Gasteiger partial charge >= 0.3 is 0 Å². The summed E-state index contributed by atoms with van der Waals surface area (Å²) in [6, 6.07) is 0.614. The van der Waals surface area contributed by atoms with Crippen LogP contribution in [0.4, 0.5) is 0 Å². The molecule has 1 N–H and O–H groups in total. The van der Waals surface area contributed by atoms with Crippen LogP contribution >= 0.6 is 23.7 Å². The lowest BCUT2D eigenvalue weighted by molar-refractivity contribution is 0.198. The molecule has 0 amide bonds. The van der Waals surface area contributed by atoms with Gasteiger partial charge in [0.2, 0.25) is 0 Å². The Hall–Kier alpha value is -0.160. The normalized spacial score (nSPS) is 21.8. The maximum atomic E-state index is 4.60. The first-order valence-corrected chi connectivity index (χ1v) is 6.55. The zero-order valence-electron chi connectivity index (χ0n) is 9.90. The van der Waals surface area contributed by atoms with Crippen LogP contribution < -0.4 is 5.32 Å². The smallest absolute Gasteiger partial charge is 0.0926 e. The van der Waals surface area contributed by atoms with Gasteiger partial charge < -0.3 is 5.32 Å². The van der Waals surface area contributed by atoms with Gasteiger partial charge in [-0.15, -0.1) is 23.7 Å². The van der Waals surface area contributed by atoms with Gasteiger partial charge in [-0.1, -0.05) is 6.92 Å². The Labute approximate surface area is 108 Å². The van der Waals surface area contributed by atoms with Crippen LogP contribution in [0.5, 0.6) is 0 Å². The maximum absolute atomic E-state index is 4.60. The summed E-state index contributed by atoms with van der Waals surface area (Å²) >= 11 is 1.79. The molecule has 1 aliphatic heterocycles. The molecule has 1 aromatic rings. The first-order chi connectivity index (χ1) is 7.28. The predicted molar refractivity (Wildman–Crippen MR) is 71.5 cm³/mol. The van der Waals surface area contributed by atoms with Crippen LogP contribution in [-0.2, 0) is 13.0 Å². The van der Waals surface area contributed by atoms with Crippen molar-refractivity contribution in [2.75, 3.05) is 19.6 Å². The lowest BCUT2D eigenvalue weighted by atomic mass is 10.2. The molecule has 92 valence electrons. The second-order valence-electron chi connectivity index (χ2n) is 4.18. The Morgan fingerprint density at radius 2 is 2.44 bits per heavy atom. The summed E-state index contributed by atoms with van der Waals surface area (Å²) in [5.41, 5.74) is 1.24. The molecule has 1 unspecified atom stereocenters. The maximum Gasteiger partial charge on any atom is 0.0926 e. The molecule has 2 heterocycles. The Kier molecular flexibility index (Phi) is 5.69. The van der Waals surface area contributed by atoms with Crippen LogP contribution in [0.15, 0.2) is 5.38 Å². The minimum absolute atomic E-state index is 0. The molecular weight excluding hydrogens is 242 g/mol. The highest BCUT2D eigenvalue weighted by molar-refractivity contribution is 7.09. The quantitative estimate of drug-likeness (QED) is 0.901. The highest BCUT2D eigenvalue weighted by Crippen LogP contribution is 2.13. The van der Waals surface area contributed by atoms with Crippen molar-refractivity contribution in [3.8, 4) is 0 Å². The second-order valence-corrected chi connectivity index (χ2v) is 5.12. The van der Waals surface area contributed by atoms with Crippen molar-refractivity contribution in [3.05, 3.63) is 16.1 Å². The van der Waals surface area contributed by atoms with Crippen LogP contribution in [0.2, 0.25) is 0 Å². The minimum atomic E-state index is 0. The van der Waals surface area contributed by atoms with Crippen LogP contribution in [0.3, 0.4) is 0 Å². The number of nitrogens with zero attached hydrogens (tertiary/aromatic N) is 2. The summed E-state index contributed by atoms with van der Waals surface area (Å²) in [6.45, 7) is 8.80. The zero-order chi connectivity index (χ0) is 10.7. The van der Waals surface area contributed by atoms with Gasteiger partial charge in [0, 0.05) is 37.6 Å². The number of hydrogen-bond acceptors (Lipinski definition) is 4. The van der Waals surface area contributed by atoms with E-state index in [-0.39, 0.29) is 12.4 Å². The fraction of sp³-hybridized carbons (Fsp3) is 0.727. The topological polar surface area (TPSA) is 28.2 Å². The van der Waals surface area contributed by atoms with Crippen molar-refractivity contribution in [1.82, 2.24) is 15.2 Å². The molecule has 1 fully saturated rings. The molecule has 5 heteroatoms. The molecule has 0 aliphatic carbocycles. The van der Waals surface area contributed by atoms with Gasteiger partial charge in [-0.05, 0) is 13.3 Å². The molecule has 0 spiro atoms. The van der Waals surface area contributed by atoms with Crippen LogP contribution in [-0.4, -0.2) is 35.6 Å². The van der Waals surface area contributed by atoms with E-state index < -0.39 is 0 Å². The number of aryl methyl sites for hydroxylation is 1. The van der Waals surface area contributed by atoms with Gasteiger partial charge in [-0.3, -0.25) is 4.90 Å². The Bertz CT molecular complexity index is 316. The van der Waals surface area contributed by atoms with Gasteiger partial charge in [-0.2, -0.15) is 0 Å². The molecule has 1 atom stereocenters. The number of halogens is 1. The SMILES string of the molecule is CCc1nc(CN2CCNC(C)C2)cs1.Cl. The largest absolute Gasteiger partial charge is 0.312 e. The van der Waals surface area contributed by atoms with E-state index in [1.807, 2.05) is 0 Å². The first-order valence-electron chi connectivity index (χ1n) is 5.67. The van der Waals surface area contributed by atoms with E-state index >= 15 is 0 Å². The van der Waals surface area contributed by atoms with E-state index in [1.165, 1.54) is 10.7 Å². The van der Waals surface area contributed by atoms with Crippen molar-refractivity contribution in [2.24, 2.45) is 0 Å². The molecule has 1 saturated heterocycles. The molecule has 1 aliphatic rings. The van der Waals surface area contributed by atoms with E-state index in [0.717, 1.165) is 32.6 Å². The number of nitrogens with one attached hydrogen (secondary N) is 1. The zero-order valence-corrected chi connectivity index (χ0v) is 11.5. The van der Waals surface area contributed by atoms with Gasteiger partial charge in [0.05, 0.1) is 10.7 Å². The number of hydrogen-bond donors (Lipinski definition) is 1. The number of piperazine rings is 1. The van der Waals surface area contributed by atoms with E-state index in [1.54, 1.807) is 11.3 Å². The third-order valence-electron chi connectivity index (χ3n) is 2.74. The Morgan fingerprint density at radius 1 is 1.62 bits per heavy atom. The van der Waals surface area contributed by atoms with Crippen molar-refractivity contribution in [2.45, 2.75) is 32.9 Å². The molecule has 2 rings (SSSR count). The van der Waals surface area contributed by atoms with Gasteiger partial charge in [-0.25, -0.2) is 4.98 Å². The summed E-state index contributed by atoms with van der Waals surface area (Å²) in [5.74, 6) is 0. The van der Waals surface area contributed by atoms with E-state index in [9.17, 15) is 0 Å². The summed E-state index contributed by atoms with van der Waals surface area (Å²) in [7, 11) is 0. The van der Waals surface area contributed by atoms with Crippen molar-refractivity contribution in [3.63, 3.8) is 0 Å². The van der Waals surface area contributed by atoms with Crippen molar-refractivity contribution in [1.29, 1.82) is 0 Å². The number of rotatable bonds is 3. The highest BCUT2D eigenvalue weighted by atomic mass is 35.5. The first kappa shape index (κ1) is 13.9. The lowest BCUT2D eigenvalue weighted by Gasteiger charge is -2.31. The monoisotopic (exact) mass is 261 g/mol. The van der Waals surface area contributed by atoms with Crippen molar-refractivity contribution >= 4 is 23.7 Å². The number of thiazole rings is 1.